The highest BCUT2D eigenvalue weighted by atomic mass is 16.3. The molecule has 2 bridgehead atoms. The lowest BCUT2D eigenvalue weighted by Crippen LogP contribution is -2.55. The summed E-state index contributed by atoms with van der Waals surface area (Å²) in [6.45, 7) is 8.90. The number of carbonyl (C=O) groups is 1. The van der Waals surface area contributed by atoms with Crippen molar-refractivity contribution in [3.63, 3.8) is 0 Å². The Morgan fingerprint density at radius 2 is 1.65 bits per heavy atom. The Kier molecular flexibility index (Phi) is 4.69. The van der Waals surface area contributed by atoms with E-state index in [1.54, 1.807) is 20.8 Å². The maximum atomic E-state index is 12.8. The summed E-state index contributed by atoms with van der Waals surface area (Å²) in [5.74, 6) is -1.12. The number of hydrogen-bond donors (Lipinski definition) is 5. The molecular formula is C20H32O6. The largest absolute Gasteiger partial charge is 0.392 e. The minimum absolute atomic E-state index is 0.0177. The Labute approximate surface area is 154 Å². The molecule has 0 aromatic rings. The molecule has 148 valence electrons. The summed E-state index contributed by atoms with van der Waals surface area (Å²) in [6.07, 6.45) is -3.20. The van der Waals surface area contributed by atoms with Gasteiger partial charge in [0.1, 0.15) is 5.78 Å². The number of rotatable bonds is 0. The van der Waals surface area contributed by atoms with E-state index in [2.05, 4.69) is 6.58 Å². The van der Waals surface area contributed by atoms with Gasteiger partial charge in [-0.3, -0.25) is 4.79 Å². The molecule has 0 heterocycles. The number of aliphatic hydroxyl groups is 5. The molecule has 26 heavy (non-hydrogen) atoms. The molecule has 3 fully saturated rings. The van der Waals surface area contributed by atoms with Crippen LogP contribution in [0.2, 0.25) is 0 Å². The number of carbonyl (C=O) groups excluding carboxylic acids is 1. The second-order valence-corrected chi connectivity index (χ2v) is 9.53. The van der Waals surface area contributed by atoms with Gasteiger partial charge in [-0.2, -0.15) is 0 Å². The van der Waals surface area contributed by atoms with Gasteiger partial charge in [-0.1, -0.05) is 20.4 Å². The van der Waals surface area contributed by atoms with Gasteiger partial charge >= 0.3 is 0 Å². The zero-order valence-electron chi connectivity index (χ0n) is 15.9. The summed E-state index contributed by atoms with van der Waals surface area (Å²) in [6, 6.07) is 0. The van der Waals surface area contributed by atoms with Gasteiger partial charge in [0.25, 0.3) is 0 Å². The number of fused-ring (bicyclic) bond motifs is 1. The molecule has 0 amide bonds. The van der Waals surface area contributed by atoms with Crippen LogP contribution in [0.15, 0.2) is 12.2 Å². The Hall–Kier alpha value is -0.790. The highest BCUT2D eigenvalue weighted by molar-refractivity contribution is 5.85. The molecule has 3 aliphatic rings. The molecule has 0 radical (unpaired) electrons. The smallest absolute Gasteiger partial charge is 0.143 e. The summed E-state index contributed by atoms with van der Waals surface area (Å²) in [5, 5.41) is 54.1. The average molecular weight is 368 g/mol. The molecule has 0 aromatic heterocycles. The minimum Gasteiger partial charge on any atom is -0.392 e. The minimum atomic E-state index is -1.18. The third-order valence-electron chi connectivity index (χ3n) is 7.68. The van der Waals surface area contributed by atoms with Crippen LogP contribution in [0.25, 0.3) is 0 Å². The summed E-state index contributed by atoms with van der Waals surface area (Å²) in [7, 11) is 0. The Bertz CT molecular complexity index is 611. The van der Waals surface area contributed by atoms with Crippen molar-refractivity contribution in [2.75, 3.05) is 0 Å². The van der Waals surface area contributed by atoms with Crippen molar-refractivity contribution < 1.29 is 30.3 Å². The van der Waals surface area contributed by atoms with Crippen LogP contribution in [0.3, 0.4) is 0 Å². The molecule has 8 atom stereocenters. The van der Waals surface area contributed by atoms with Crippen LogP contribution >= 0.6 is 0 Å². The summed E-state index contributed by atoms with van der Waals surface area (Å²) in [5.41, 5.74) is -2.93. The monoisotopic (exact) mass is 368 g/mol. The third-order valence-corrected chi connectivity index (χ3v) is 7.68. The lowest BCUT2D eigenvalue weighted by Gasteiger charge is -2.50. The highest BCUT2D eigenvalue weighted by Crippen LogP contribution is 2.63. The van der Waals surface area contributed by atoms with E-state index in [9.17, 15) is 30.3 Å². The predicted octanol–water partition coefficient (Wildman–Crippen LogP) is 0.543. The molecule has 0 unspecified atom stereocenters. The molecule has 1 spiro atoms. The van der Waals surface area contributed by atoms with Crippen molar-refractivity contribution in [2.24, 2.45) is 22.7 Å². The van der Waals surface area contributed by atoms with Crippen molar-refractivity contribution in [1.82, 2.24) is 0 Å². The van der Waals surface area contributed by atoms with Crippen LogP contribution in [-0.2, 0) is 4.79 Å². The molecule has 6 heteroatoms. The normalized spacial score (nSPS) is 51.8. The Balaban J connectivity index is 2.10. The predicted molar refractivity (Wildman–Crippen MR) is 95.1 cm³/mol. The van der Waals surface area contributed by atoms with Crippen molar-refractivity contribution in [3.05, 3.63) is 12.2 Å². The number of Topliss-reactive ketones (excluding diaryl/α,β-unsaturated/α-hetero) is 1. The lowest BCUT2D eigenvalue weighted by molar-refractivity contribution is -0.150. The van der Waals surface area contributed by atoms with E-state index in [1.807, 2.05) is 0 Å². The number of ketones is 1. The quantitative estimate of drug-likeness (QED) is 0.398. The van der Waals surface area contributed by atoms with E-state index < -0.39 is 46.8 Å². The van der Waals surface area contributed by atoms with E-state index in [0.717, 1.165) is 0 Å². The third kappa shape index (κ3) is 2.61. The fourth-order valence-corrected chi connectivity index (χ4v) is 5.77. The lowest BCUT2D eigenvalue weighted by atomic mass is 9.57. The molecular weight excluding hydrogens is 336 g/mol. The van der Waals surface area contributed by atoms with Gasteiger partial charge in [-0.15, -0.1) is 0 Å². The van der Waals surface area contributed by atoms with Crippen LogP contribution in [-0.4, -0.2) is 61.3 Å². The van der Waals surface area contributed by atoms with Crippen molar-refractivity contribution in [3.8, 4) is 0 Å². The second kappa shape index (κ2) is 6.11. The van der Waals surface area contributed by atoms with Gasteiger partial charge in [-0.25, -0.2) is 0 Å². The van der Waals surface area contributed by atoms with E-state index in [-0.39, 0.29) is 31.0 Å². The van der Waals surface area contributed by atoms with Crippen molar-refractivity contribution in [1.29, 1.82) is 0 Å². The molecule has 5 N–H and O–H groups in total. The highest BCUT2D eigenvalue weighted by Gasteiger charge is 2.67. The fraction of sp³-hybridized carbons (Fsp3) is 0.850. The summed E-state index contributed by atoms with van der Waals surface area (Å²) >= 11 is 0. The Morgan fingerprint density at radius 3 is 2.27 bits per heavy atom. The van der Waals surface area contributed by atoms with Crippen LogP contribution < -0.4 is 0 Å². The van der Waals surface area contributed by atoms with Crippen molar-refractivity contribution in [2.45, 2.75) is 82.9 Å². The summed E-state index contributed by atoms with van der Waals surface area (Å²) < 4.78 is 0. The van der Waals surface area contributed by atoms with E-state index in [4.69, 9.17) is 0 Å². The molecule has 0 aromatic carbocycles. The van der Waals surface area contributed by atoms with Crippen LogP contribution in [0, 0.1) is 22.7 Å². The van der Waals surface area contributed by atoms with Gasteiger partial charge in [0.2, 0.25) is 0 Å². The standard InChI is InChI=1S/C20H32O6/c1-10-11-5-6-12-17(25)20(11,9-19(12,4)26)16(24)8-15(23)18(2,3)14(22)7-13(10)21/h11-14,16-17,21-22,24-26H,1,5-9H2,2-4H3/t11-,12+,13-,14-,16-,17+,19+,20-/m0/s1. The van der Waals surface area contributed by atoms with E-state index >= 15 is 0 Å². The first-order chi connectivity index (χ1) is 11.9. The van der Waals surface area contributed by atoms with Gasteiger partial charge in [0.15, 0.2) is 0 Å². The SMILES string of the molecule is C=C1[C@@H](O)C[C@H](O)C(C)(C)C(=O)C[C@H](O)[C@]23C[C@@](C)(O)[C@H](CC[C@@H]12)[C@H]3O. The molecule has 6 nitrogen and oxygen atoms in total. The zero-order chi connectivity index (χ0) is 19.7. The van der Waals surface area contributed by atoms with Crippen LogP contribution in [0.1, 0.15) is 52.9 Å². The molecule has 3 aliphatic carbocycles. The van der Waals surface area contributed by atoms with Crippen LogP contribution in [0.4, 0.5) is 0 Å². The van der Waals surface area contributed by atoms with Crippen LogP contribution in [0.5, 0.6) is 0 Å². The first-order valence-electron chi connectivity index (χ1n) is 9.52. The molecule has 0 aliphatic heterocycles. The zero-order valence-corrected chi connectivity index (χ0v) is 15.9. The first-order valence-corrected chi connectivity index (χ1v) is 9.52. The molecule has 0 saturated heterocycles. The van der Waals surface area contributed by atoms with E-state index in [1.165, 1.54) is 0 Å². The van der Waals surface area contributed by atoms with Gasteiger partial charge in [-0.05, 0) is 37.7 Å². The average Bonchev–Trinajstić information content (AvgIpc) is 2.65. The van der Waals surface area contributed by atoms with Crippen molar-refractivity contribution >= 4 is 5.78 Å². The number of hydrogen-bond acceptors (Lipinski definition) is 6. The first kappa shape index (κ1) is 20.0. The van der Waals surface area contributed by atoms with Gasteiger partial charge < -0.3 is 25.5 Å². The van der Waals surface area contributed by atoms with Gasteiger partial charge in [0.05, 0.1) is 30.0 Å². The molecule has 3 rings (SSSR count). The Morgan fingerprint density at radius 1 is 1.04 bits per heavy atom. The van der Waals surface area contributed by atoms with E-state index in [0.29, 0.717) is 18.4 Å². The van der Waals surface area contributed by atoms with Gasteiger partial charge in [0, 0.05) is 29.6 Å². The maximum absolute atomic E-state index is 12.8. The number of aliphatic hydroxyl groups excluding tert-OH is 4. The maximum Gasteiger partial charge on any atom is 0.143 e. The fourth-order valence-electron chi connectivity index (χ4n) is 5.77. The molecule has 3 saturated carbocycles. The second-order valence-electron chi connectivity index (χ2n) is 9.53. The topological polar surface area (TPSA) is 118 Å². The summed E-state index contributed by atoms with van der Waals surface area (Å²) in [4.78, 5) is 12.8.